The van der Waals surface area contributed by atoms with E-state index in [9.17, 15) is 8.42 Å². The number of benzene rings is 1. The van der Waals surface area contributed by atoms with Crippen molar-refractivity contribution in [1.29, 1.82) is 0 Å². The zero-order chi connectivity index (χ0) is 14.0. The van der Waals surface area contributed by atoms with Crippen molar-refractivity contribution in [3.63, 3.8) is 0 Å². The van der Waals surface area contributed by atoms with E-state index in [1.807, 2.05) is 0 Å². The Balaban J connectivity index is 2.43. The molecule has 0 aliphatic rings. The van der Waals surface area contributed by atoms with Gasteiger partial charge in [0.2, 0.25) is 5.95 Å². The van der Waals surface area contributed by atoms with Gasteiger partial charge in [0.1, 0.15) is 0 Å². The topological polar surface area (TPSA) is 98.0 Å². The molecule has 0 unspecified atom stereocenters. The molecule has 0 aliphatic heterocycles. The van der Waals surface area contributed by atoms with Crippen LogP contribution in [-0.4, -0.2) is 18.4 Å². The van der Waals surface area contributed by atoms with Gasteiger partial charge in [0, 0.05) is 12.4 Å². The highest BCUT2D eigenvalue weighted by atomic mass is 35.5. The quantitative estimate of drug-likeness (QED) is 0.842. The van der Waals surface area contributed by atoms with E-state index in [2.05, 4.69) is 14.7 Å². The molecule has 2 rings (SSSR count). The average Bonchev–Trinajstić information content (AvgIpc) is 2.34. The summed E-state index contributed by atoms with van der Waals surface area (Å²) >= 11 is 5.83. The van der Waals surface area contributed by atoms with Crippen LogP contribution in [0.5, 0.6) is 0 Å². The molecule has 0 radical (unpaired) electrons. The first kappa shape index (κ1) is 13.6. The third-order valence-electron chi connectivity index (χ3n) is 2.38. The van der Waals surface area contributed by atoms with Gasteiger partial charge in [-0.1, -0.05) is 11.6 Å². The van der Waals surface area contributed by atoms with Crippen molar-refractivity contribution < 1.29 is 8.42 Å². The van der Waals surface area contributed by atoms with Gasteiger partial charge in [-0.25, -0.2) is 23.1 Å². The molecule has 100 valence electrons. The highest BCUT2D eigenvalue weighted by Crippen LogP contribution is 2.26. The number of aromatic nitrogens is 2. The molecule has 0 bridgehead atoms. The number of halogens is 1. The van der Waals surface area contributed by atoms with E-state index in [-0.39, 0.29) is 16.5 Å². The van der Waals surface area contributed by atoms with E-state index in [0.29, 0.717) is 10.6 Å². The molecule has 3 N–H and O–H groups in total. The van der Waals surface area contributed by atoms with Crippen LogP contribution >= 0.6 is 11.6 Å². The van der Waals surface area contributed by atoms with Gasteiger partial charge >= 0.3 is 0 Å². The summed E-state index contributed by atoms with van der Waals surface area (Å²) in [6.07, 6.45) is 2.88. The molecule has 1 aromatic carbocycles. The maximum absolute atomic E-state index is 12.2. The number of anilines is 2. The summed E-state index contributed by atoms with van der Waals surface area (Å²) in [5.74, 6) is -0.00424. The maximum Gasteiger partial charge on any atom is 0.264 e. The zero-order valence-corrected chi connectivity index (χ0v) is 11.5. The summed E-state index contributed by atoms with van der Waals surface area (Å²) in [5, 5.41) is 0.312. The normalized spacial score (nSPS) is 11.3. The third-order valence-corrected chi connectivity index (χ3v) is 4.17. The standard InChI is InChI=1S/C11H11ClN4O2S/c1-7-5-8(12)9(13)6-10(7)19(17,18)16-11-14-3-2-4-15-11/h2-6H,13H2,1H3,(H,14,15,16). The first-order valence-corrected chi connectivity index (χ1v) is 7.12. The lowest BCUT2D eigenvalue weighted by Crippen LogP contribution is -2.16. The van der Waals surface area contributed by atoms with Crippen LogP contribution in [0.4, 0.5) is 11.6 Å². The highest BCUT2D eigenvalue weighted by Gasteiger charge is 2.19. The van der Waals surface area contributed by atoms with Crippen LogP contribution in [-0.2, 0) is 10.0 Å². The Morgan fingerprint density at radius 1 is 1.26 bits per heavy atom. The van der Waals surface area contributed by atoms with Crippen molar-refractivity contribution in [2.45, 2.75) is 11.8 Å². The Hall–Kier alpha value is -1.86. The van der Waals surface area contributed by atoms with Crippen LogP contribution < -0.4 is 10.5 Å². The molecule has 0 saturated heterocycles. The van der Waals surface area contributed by atoms with Crippen molar-refractivity contribution in [1.82, 2.24) is 9.97 Å². The number of rotatable bonds is 3. The second-order valence-electron chi connectivity index (χ2n) is 3.82. The average molecular weight is 299 g/mol. The maximum atomic E-state index is 12.2. The molecule has 0 fully saturated rings. The second-order valence-corrected chi connectivity index (χ2v) is 5.88. The van der Waals surface area contributed by atoms with Gasteiger partial charge in [0.25, 0.3) is 10.0 Å². The van der Waals surface area contributed by atoms with Gasteiger partial charge in [0.15, 0.2) is 0 Å². The number of nitrogens with zero attached hydrogens (tertiary/aromatic N) is 2. The molecule has 1 aromatic heterocycles. The van der Waals surface area contributed by atoms with E-state index >= 15 is 0 Å². The van der Waals surface area contributed by atoms with Crippen LogP contribution in [0.3, 0.4) is 0 Å². The Bertz CT molecular complexity index is 704. The Labute approximate surface area is 115 Å². The minimum atomic E-state index is -3.80. The van der Waals surface area contributed by atoms with Gasteiger partial charge in [-0.2, -0.15) is 0 Å². The lowest BCUT2D eigenvalue weighted by atomic mass is 10.2. The number of aryl methyl sites for hydroxylation is 1. The highest BCUT2D eigenvalue weighted by molar-refractivity contribution is 7.92. The van der Waals surface area contributed by atoms with Crippen LogP contribution in [0.2, 0.25) is 5.02 Å². The van der Waals surface area contributed by atoms with Crippen LogP contribution in [0.15, 0.2) is 35.5 Å². The predicted octanol–water partition coefficient (Wildman–Crippen LogP) is 1.82. The molecule has 0 amide bonds. The lowest BCUT2D eigenvalue weighted by Gasteiger charge is -2.10. The zero-order valence-electron chi connectivity index (χ0n) is 9.96. The van der Waals surface area contributed by atoms with E-state index < -0.39 is 10.0 Å². The lowest BCUT2D eigenvalue weighted by molar-refractivity contribution is 0.600. The molecule has 0 saturated carbocycles. The monoisotopic (exact) mass is 298 g/mol. The van der Waals surface area contributed by atoms with Gasteiger partial charge < -0.3 is 5.73 Å². The number of nitrogen functional groups attached to an aromatic ring is 1. The summed E-state index contributed by atoms with van der Waals surface area (Å²) in [6, 6.07) is 4.39. The molecule has 0 atom stereocenters. The smallest absolute Gasteiger partial charge is 0.264 e. The summed E-state index contributed by atoms with van der Waals surface area (Å²) in [7, 11) is -3.80. The van der Waals surface area contributed by atoms with Crippen molar-refractivity contribution in [2.24, 2.45) is 0 Å². The number of hydrogen-bond acceptors (Lipinski definition) is 5. The van der Waals surface area contributed by atoms with Crippen LogP contribution in [0, 0.1) is 6.92 Å². The van der Waals surface area contributed by atoms with Crippen molar-refractivity contribution in [3.05, 3.63) is 41.2 Å². The molecule has 1 heterocycles. The summed E-state index contributed by atoms with van der Waals surface area (Å²) in [5.41, 5.74) is 6.31. The summed E-state index contributed by atoms with van der Waals surface area (Å²) < 4.78 is 26.7. The number of hydrogen-bond donors (Lipinski definition) is 2. The fraction of sp³-hybridized carbons (Fsp3) is 0.0909. The Morgan fingerprint density at radius 3 is 2.53 bits per heavy atom. The molecular weight excluding hydrogens is 288 g/mol. The molecule has 8 heteroatoms. The first-order valence-electron chi connectivity index (χ1n) is 5.25. The van der Waals surface area contributed by atoms with Gasteiger partial charge in [0.05, 0.1) is 15.6 Å². The molecule has 2 aromatic rings. The molecule has 6 nitrogen and oxygen atoms in total. The minimum Gasteiger partial charge on any atom is -0.397 e. The Morgan fingerprint density at radius 2 is 1.89 bits per heavy atom. The number of sulfonamides is 1. The van der Waals surface area contributed by atoms with Crippen molar-refractivity contribution in [2.75, 3.05) is 10.5 Å². The van der Waals surface area contributed by atoms with E-state index in [4.69, 9.17) is 17.3 Å². The third kappa shape index (κ3) is 2.94. The Kier molecular flexibility index (Phi) is 3.59. The van der Waals surface area contributed by atoms with Gasteiger partial charge in [-0.05, 0) is 30.7 Å². The predicted molar refractivity (Wildman–Crippen MR) is 73.4 cm³/mol. The van der Waals surface area contributed by atoms with E-state index in [0.717, 1.165) is 0 Å². The second kappa shape index (κ2) is 5.02. The van der Waals surface area contributed by atoms with Gasteiger partial charge in [-0.3, -0.25) is 0 Å². The fourth-order valence-electron chi connectivity index (χ4n) is 1.49. The van der Waals surface area contributed by atoms with Crippen LogP contribution in [0.1, 0.15) is 5.56 Å². The summed E-state index contributed by atoms with van der Waals surface area (Å²) in [6.45, 7) is 1.63. The molecule has 0 spiro atoms. The van der Waals surface area contributed by atoms with Crippen molar-refractivity contribution >= 4 is 33.3 Å². The van der Waals surface area contributed by atoms with E-state index in [1.165, 1.54) is 24.5 Å². The van der Waals surface area contributed by atoms with Crippen molar-refractivity contribution in [3.8, 4) is 0 Å². The molecule has 19 heavy (non-hydrogen) atoms. The van der Waals surface area contributed by atoms with E-state index in [1.54, 1.807) is 13.0 Å². The SMILES string of the molecule is Cc1cc(Cl)c(N)cc1S(=O)(=O)Nc1ncccn1. The largest absolute Gasteiger partial charge is 0.397 e. The van der Waals surface area contributed by atoms with Crippen LogP contribution in [0.25, 0.3) is 0 Å². The fourth-order valence-corrected chi connectivity index (χ4v) is 2.92. The first-order chi connectivity index (χ1) is 8.90. The number of nitrogens with one attached hydrogen (secondary N) is 1. The number of nitrogens with two attached hydrogens (primary N) is 1. The molecule has 0 aliphatic carbocycles. The molecular formula is C11H11ClN4O2S. The minimum absolute atomic E-state index is 0.00424. The summed E-state index contributed by atoms with van der Waals surface area (Å²) in [4.78, 5) is 7.64. The van der Waals surface area contributed by atoms with Gasteiger partial charge in [-0.15, -0.1) is 0 Å².